The van der Waals surface area contributed by atoms with Gasteiger partial charge in [0.05, 0.1) is 30.1 Å². The van der Waals surface area contributed by atoms with Gasteiger partial charge in [-0.1, -0.05) is 11.6 Å². The number of aliphatic imine (C=N–C) groups is 1. The van der Waals surface area contributed by atoms with Gasteiger partial charge in [0.15, 0.2) is 5.69 Å². The zero-order valence-corrected chi connectivity index (χ0v) is 16.1. The van der Waals surface area contributed by atoms with Gasteiger partial charge in [-0.3, -0.25) is 19.1 Å². The third kappa shape index (κ3) is 5.24. The monoisotopic (exact) mass is 439 g/mol. The van der Waals surface area contributed by atoms with Crippen LogP contribution in [0.4, 0.5) is 13.2 Å². The van der Waals surface area contributed by atoms with Crippen molar-refractivity contribution in [1.29, 1.82) is 5.26 Å². The molecule has 2 rings (SSSR count). The first kappa shape index (κ1) is 22.6. The predicted molar refractivity (Wildman–Crippen MR) is 101 cm³/mol. The molecule has 1 N–H and O–H groups in total. The van der Waals surface area contributed by atoms with Crippen LogP contribution >= 0.6 is 11.6 Å². The van der Waals surface area contributed by atoms with Gasteiger partial charge in [0.1, 0.15) is 5.75 Å². The molecule has 0 radical (unpaired) electrons. The molecule has 12 heteroatoms. The van der Waals surface area contributed by atoms with Crippen LogP contribution in [-0.4, -0.2) is 29.2 Å². The number of nitriles is 1. The van der Waals surface area contributed by atoms with Crippen LogP contribution in [0.1, 0.15) is 11.3 Å². The van der Waals surface area contributed by atoms with Crippen LogP contribution in [0.2, 0.25) is 5.02 Å². The van der Waals surface area contributed by atoms with E-state index in [2.05, 4.69) is 22.0 Å². The minimum Gasteiger partial charge on any atom is -0.449 e. The zero-order chi connectivity index (χ0) is 22.5. The molecule has 0 aliphatic heterocycles. The lowest BCUT2D eigenvalue weighted by molar-refractivity contribution is -0.142. The Morgan fingerprint density at radius 3 is 2.73 bits per heavy atom. The Hall–Kier alpha value is -3.65. The fraction of sp³-hybridized carbons (Fsp3) is 0.167. The molecule has 0 saturated carbocycles. The Morgan fingerprint density at radius 2 is 2.17 bits per heavy atom. The zero-order valence-electron chi connectivity index (χ0n) is 15.3. The van der Waals surface area contributed by atoms with E-state index in [0.29, 0.717) is 6.33 Å². The first-order valence-electron chi connectivity index (χ1n) is 8.02. The fourth-order valence-electron chi connectivity index (χ4n) is 2.31. The number of nitrogens with zero attached hydrogens (tertiary/aromatic N) is 4. The van der Waals surface area contributed by atoms with Crippen molar-refractivity contribution in [3.05, 3.63) is 62.9 Å². The fourth-order valence-corrected chi connectivity index (χ4v) is 2.53. The quantitative estimate of drug-likeness (QED) is 0.549. The van der Waals surface area contributed by atoms with Crippen molar-refractivity contribution in [2.24, 2.45) is 4.99 Å². The number of nitrogens with one attached hydrogen (secondary N) is 1. The molecule has 0 bridgehead atoms. The molecule has 156 valence electrons. The van der Waals surface area contributed by atoms with Crippen molar-refractivity contribution in [2.75, 3.05) is 7.05 Å². The molecule has 0 fully saturated rings. The SMILES string of the molecule is C=N/C=C(/Cn1cnc(C(F)(F)F)c(Oc2cc(Cl)cc(C#N)c2)c1=O)C(=O)NC. The van der Waals surface area contributed by atoms with Gasteiger partial charge in [0, 0.05) is 18.3 Å². The Bertz CT molecular complexity index is 1120. The number of carbonyl (C=O) groups is 1. The van der Waals surface area contributed by atoms with Gasteiger partial charge in [-0.25, -0.2) is 4.98 Å². The van der Waals surface area contributed by atoms with Gasteiger partial charge in [0.25, 0.3) is 5.56 Å². The number of hydrogen-bond donors (Lipinski definition) is 1. The Balaban J connectivity index is 2.61. The third-order valence-electron chi connectivity index (χ3n) is 3.59. The van der Waals surface area contributed by atoms with Crippen LogP contribution < -0.4 is 15.6 Å². The molecule has 8 nitrogen and oxygen atoms in total. The normalized spacial score (nSPS) is 11.5. The highest BCUT2D eigenvalue weighted by Crippen LogP contribution is 2.35. The van der Waals surface area contributed by atoms with Gasteiger partial charge in [-0.15, -0.1) is 0 Å². The van der Waals surface area contributed by atoms with Crippen LogP contribution in [-0.2, 0) is 17.5 Å². The van der Waals surface area contributed by atoms with Crippen LogP contribution in [0, 0.1) is 11.3 Å². The highest BCUT2D eigenvalue weighted by Gasteiger charge is 2.39. The van der Waals surface area contributed by atoms with Gasteiger partial charge >= 0.3 is 6.18 Å². The van der Waals surface area contributed by atoms with Crippen molar-refractivity contribution in [3.63, 3.8) is 0 Å². The molecule has 30 heavy (non-hydrogen) atoms. The van der Waals surface area contributed by atoms with Gasteiger partial charge < -0.3 is 10.1 Å². The lowest BCUT2D eigenvalue weighted by Crippen LogP contribution is -2.30. The van der Waals surface area contributed by atoms with Crippen molar-refractivity contribution in [2.45, 2.75) is 12.7 Å². The Kier molecular flexibility index (Phi) is 6.97. The summed E-state index contributed by atoms with van der Waals surface area (Å²) in [4.78, 5) is 31.3. The number of likely N-dealkylation sites (N-methyl/N-ethyl adjacent to an activating group) is 1. The molecule has 1 aromatic carbocycles. The number of carbonyl (C=O) groups excluding carboxylic acids is 1. The average Bonchev–Trinajstić information content (AvgIpc) is 2.68. The number of amides is 1. The highest BCUT2D eigenvalue weighted by atomic mass is 35.5. The largest absolute Gasteiger partial charge is 0.449 e. The number of halogens is 4. The van der Waals surface area contributed by atoms with Gasteiger partial charge in [-0.2, -0.15) is 18.4 Å². The summed E-state index contributed by atoms with van der Waals surface area (Å²) in [7, 11) is 1.33. The topological polar surface area (TPSA) is 109 Å². The molecule has 0 aliphatic carbocycles. The molecular formula is C18H13ClF3N5O3. The second-order valence-corrected chi connectivity index (χ2v) is 6.10. The van der Waals surface area contributed by atoms with Crippen molar-refractivity contribution in [3.8, 4) is 17.6 Å². The summed E-state index contributed by atoms with van der Waals surface area (Å²) in [5.41, 5.74) is -2.84. The number of benzene rings is 1. The molecule has 1 aromatic heterocycles. The maximum Gasteiger partial charge on any atom is 0.437 e. The number of alkyl halides is 3. The van der Waals surface area contributed by atoms with E-state index in [-0.39, 0.29) is 21.9 Å². The standard InChI is InChI=1S/C18H13ClF3N5O3/c1-24-7-11(16(28)25-2)8-27-9-26-15(18(20,21)22)14(17(27)29)30-13-4-10(6-23)3-12(19)5-13/h3-5,7,9H,1,8H2,2H3,(H,25,28)/b11-7-. The smallest absolute Gasteiger partial charge is 0.437 e. The summed E-state index contributed by atoms with van der Waals surface area (Å²) in [6, 6.07) is 5.28. The average molecular weight is 440 g/mol. The minimum absolute atomic E-state index is 0.0113. The van der Waals surface area contributed by atoms with E-state index in [1.54, 1.807) is 6.07 Å². The molecule has 0 unspecified atom stereocenters. The second kappa shape index (κ2) is 9.23. The Labute approximate surface area is 172 Å². The van der Waals surface area contributed by atoms with Gasteiger partial charge in [0.2, 0.25) is 11.7 Å². The van der Waals surface area contributed by atoms with E-state index in [4.69, 9.17) is 21.6 Å². The third-order valence-corrected chi connectivity index (χ3v) is 3.81. The van der Waals surface area contributed by atoms with E-state index < -0.39 is 35.6 Å². The maximum absolute atomic E-state index is 13.4. The minimum atomic E-state index is -5.01. The van der Waals surface area contributed by atoms with Gasteiger partial charge in [-0.05, 0) is 24.9 Å². The summed E-state index contributed by atoms with van der Waals surface area (Å²) in [5.74, 6) is -2.03. The number of hydrogen-bond acceptors (Lipinski definition) is 6. The first-order valence-corrected chi connectivity index (χ1v) is 8.40. The molecular weight excluding hydrogens is 427 g/mol. The van der Waals surface area contributed by atoms with Crippen LogP contribution in [0.5, 0.6) is 11.5 Å². The van der Waals surface area contributed by atoms with Crippen LogP contribution in [0.25, 0.3) is 0 Å². The van der Waals surface area contributed by atoms with E-state index in [1.165, 1.54) is 13.1 Å². The van der Waals surface area contributed by atoms with Crippen molar-refractivity contribution < 1.29 is 22.7 Å². The molecule has 1 amide bonds. The van der Waals surface area contributed by atoms with Crippen LogP contribution in [0.15, 0.2) is 46.1 Å². The summed E-state index contributed by atoms with van der Waals surface area (Å²) >= 11 is 5.83. The van der Waals surface area contributed by atoms with E-state index in [9.17, 15) is 22.8 Å². The predicted octanol–water partition coefficient (Wildman–Crippen LogP) is 2.91. The Morgan fingerprint density at radius 1 is 1.47 bits per heavy atom. The van der Waals surface area contributed by atoms with Crippen molar-refractivity contribution in [1.82, 2.24) is 14.9 Å². The molecule has 0 saturated heterocycles. The molecule has 1 heterocycles. The number of aromatic nitrogens is 2. The summed E-state index contributed by atoms with van der Waals surface area (Å²) < 4.78 is 46.1. The van der Waals surface area contributed by atoms with E-state index in [1.807, 2.05) is 0 Å². The van der Waals surface area contributed by atoms with E-state index in [0.717, 1.165) is 22.9 Å². The number of ether oxygens (including phenoxy) is 1. The lowest BCUT2D eigenvalue weighted by Gasteiger charge is -2.15. The molecule has 0 spiro atoms. The first-order chi connectivity index (χ1) is 14.1. The lowest BCUT2D eigenvalue weighted by atomic mass is 10.2. The molecule has 2 aromatic rings. The number of rotatable bonds is 6. The van der Waals surface area contributed by atoms with Crippen LogP contribution in [0.3, 0.4) is 0 Å². The van der Waals surface area contributed by atoms with Crippen molar-refractivity contribution >= 4 is 24.2 Å². The maximum atomic E-state index is 13.4. The summed E-state index contributed by atoms with van der Waals surface area (Å²) in [6.45, 7) is 2.76. The summed E-state index contributed by atoms with van der Waals surface area (Å²) in [5, 5.41) is 11.3. The molecule has 0 aliphatic rings. The highest BCUT2D eigenvalue weighted by molar-refractivity contribution is 6.30. The summed E-state index contributed by atoms with van der Waals surface area (Å²) in [6.07, 6.45) is -3.32. The van der Waals surface area contributed by atoms with E-state index >= 15 is 0 Å². The molecule has 0 atom stereocenters. The second-order valence-electron chi connectivity index (χ2n) is 5.66.